The Balaban J connectivity index is 1.87. The Labute approximate surface area is 157 Å². The molecule has 7 heteroatoms. The zero-order chi connectivity index (χ0) is 18.7. The minimum absolute atomic E-state index is 0.0654. The van der Waals surface area contributed by atoms with Gasteiger partial charge in [0.2, 0.25) is 0 Å². The standard InChI is InChI=1S/C19H22ClN3O3/c1-13(2)23-8-4-5-15(23)12-22(9-10-25-3)18(24)14-6-7-17-16(11-14)21-19(20)26-17/h4-8,11,13H,9-10,12H2,1-3H3. The monoisotopic (exact) mass is 375 g/mol. The van der Waals surface area contributed by atoms with Gasteiger partial charge in [-0.2, -0.15) is 4.98 Å². The molecule has 0 fully saturated rings. The summed E-state index contributed by atoms with van der Waals surface area (Å²) in [7, 11) is 1.63. The first-order chi connectivity index (χ1) is 12.5. The lowest BCUT2D eigenvalue weighted by Crippen LogP contribution is -2.34. The second kappa shape index (κ2) is 7.93. The highest BCUT2D eigenvalue weighted by Crippen LogP contribution is 2.21. The maximum atomic E-state index is 13.1. The average Bonchev–Trinajstić information content (AvgIpc) is 3.22. The van der Waals surface area contributed by atoms with Gasteiger partial charge in [0, 0.05) is 37.2 Å². The molecule has 3 aromatic rings. The quantitative estimate of drug-likeness (QED) is 0.622. The smallest absolute Gasteiger partial charge is 0.293 e. The Bertz CT molecular complexity index is 900. The molecule has 0 atom stereocenters. The van der Waals surface area contributed by atoms with Gasteiger partial charge in [-0.1, -0.05) is 0 Å². The van der Waals surface area contributed by atoms with Crippen LogP contribution in [0.1, 0.15) is 35.9 Å². The van der Waals surface area contributed by atoms with E-state index in [-0.39, 0.29) is 11.3 Å². The normalized spacial score (nSPS) is 11.4. The molecule has 0 aliphatic carbocycles. The van der Waals surface area contributed by atoms with Crippen molar-refractivity contribution in [3.05, 3.63) is 53.1 Å². The number of carbonyl (C=O) groups is 1. The number of hydrogen-bond donors (Lipinski definition) is 0. The van der Waals surface area contributed by atoms with Gasteiger partial charge in [-0.25, -0.2) is 0 Å². The van der Waals surface area contributed by atoms with Crippen LogP contribution in [0.5, 0.6) is 0 Å². The Hall–Kier alpha value is -2.31. The molecule has 0 saturated heterocycles. The number of oxazole rings is 1. The molecule has 0 spiro atoms. The number of rotatable bonds is 7. The molecule has 0 unspecified atom stereocenters. The van der Waals surface area contributed by atoms with Crippen LogP contribution in [-0.2, 0) is 11.3 Å². The van der Waals surface area contributed by atoms with Gasteiger partial charge in [0.15, 0.2) is 5.58 Å². The molecule has 1 amide bonds. The maximum absolute atomic E-state index is 13.1. The molecule has 26 heavy (non-hydrogen) atoms. The van der Waals surface area contributed by atoms with Crippen LogP contribution in [0.25, 0.3) is 11.1 Å². The fourth-order valence-electron chi connectivity index (χ4n) is 2.93. The summed E-state index contributed by atoms with van der Waals surface area (Å²) < 4.78 is 12.6. The van der Waals surface area contributed by atoms with E-state index >= 15 is 0 Å². The van der Waals surface area contributed by atoms with Crippen molar-refractivity contribution >= 4 is 28.6 Å². The third kappa shape index (κ3) is 3.92. The summed E-state index contributed by atoms with van der Waals surface area (Å²) in [6.45, 7) is 5.70. The van der Waals surface area contributed by atoms with Crippen LogP contribution in [0.15, 0.2) is 40.9 Å². The van der Waals surface area contributed by atoms with Crippen molar-refractivity contribution < 1.29 is 13.9 Å². The van der Waals surface area contributed by atoms with Gasteiger partial charge < -0.3 is 18.6 Å². The lowest BCUT2D eigenvalue weighted by molar-refractivity contribution is 0.0675. The van der Waals surface area contributed by atoms with Crippen molar-refractivity contribution in [1.82, 2.24) is 14.5 Å². The number of halogens is 1. The molecule has 2 heterocycles. The average molecular weight is 376 g/mol. The summed E-state index contributed by atoms with van der Waals surface area (Å²) in [5.74, 6) is -0.0837. The van der Waals surface area contributed by atoms with E-state index in [1.807, 2.05) is 18.3 Å². The molecule has 3 rings (SSSR count). The van der Waals surface area contributed by atoms with Gasteiger partial charge in [0.1, 0.15) is 5.52 Å². The van der Waals surface area contributed by atoms with Crippen molar-refractivity contribution in [1.29, 1.82) is 0 Å². The van der Waals surface area contributed by atoms with Crippen LogP contribution in [0.3, 0.4) is 0 Å². The zero-order valence-corrected chi connectivity index (χ0v) is 15.9. The predicted octanol–water partition coefficient (Wildman–Crippen LogP) is 4.15. The Morgan fingerprint density at radius 3 is 2.92 bits per heavy atom. The topological polar surface area (TPSA) is 60.5 Å². The van der Waals surface area contributed by atoms with E-state index < -0.39 is 0 Å². The number of nitrogens with zero attached hydrogens (tertiary/aromatic N) is 3. The first-order valence-corrected chi connectivity index (χ1v) is 8.87. The van der Waals surface area contributed by atoms with E-state index in [1.54, 1.807) is 30.2 Å². The predicted molar refractivity (Wildman–Crippen MR) is 100 cm³/mol. The van der Waals surface area contributed by atoms with Gasteiger partial charge in [-0.15, -0.1) is 0 Å². The lowest BCUT2D eigenvalue weighted by atomic mass is 10.1. The minimum Gasteiger partial charge on any atom is -0.428 e. The van der Waals surface area contributed by atoms with Crippen molar-refractivity contribution in [2.45, 2.75) is 26.4 Å². The molecule has 0 radical (unpaired) electrons. The van der Waals surface area contributed by atoms with Crippen molar-refractivity contribution in [2.75, 3.05) is 20.3 Å². The Morgan fingerprint density at radius 2 is 2.19 bits per heavy atom. The van der Waals surface area contributed by atoms with Crippen LogP contribution < -0.4 is 0 Å². The molecule has 138 valence electrons. The van der Waals surface area contributed by atoms with E-state index in [0.29, 0.717) is 42.4 Å². The highest BCUT2D eigenvalue weighted by atomic mass is 35.5. The van der Waals surface area contributed by atoms with Crippen molar-refractivity contribution in [2.24, 2.45) is 0 Å². The Kier molecular flexibility index (Phi) is 5.64. The van der Waals surface area contributed by atoms with Crippen molar-refractivity contribution in [3.8, 4) is 0 Å². The Morgan fingerprint density at radius 1 is 1.38 bits per heavy atom. The maximum Gasteiger partial charge on any atom is 0.293 e. The second-order valence-corrected chi connectivity index (χ2v) is 6.69. The number of methoxy groups -OCH3 is 1. The van der Waals surface area contributed by atoms with Gasteiger partial charge in [-0.05, 0) is 55.8 Å². The molecule has 0 saturated carbocycles. The first kappa shape index (κ1) is 18.5. The molecule has 0 aliphatic rings. The molecule has 0 N–H and O–H groups in total. The van der Waals surface area contributed by atoms with Crippen molar-refractivity contribution in [3.63, 3.8) is 0 Å². The summed E-state index contributed by atoms with van der Waals surface area (Å²) >= 11 is 5.80. The van der Waals surface area contributed by atoms with Crippen LogP contribution in [-0.4, -0.2) is 40.6 Å². The number of benzene rings is 1. The molecular formula is C19H22ClN3O3. The second-order valence-electron chi connectivity index (χ2n) is 6.37. The van der Waals surface area contributed by atoms with Gasteiger partial charge in [0.05, 0.1) is 13.2 Å². The number of hydrogen-bond acceptors (Lipinski definition) is 4. The van der Waals surface area contributed by atoms with Gasteiger partial charge >= 0.3 is 0 Å². The number of amides is 1. The molecular weight excluding hydrogens is 354 g/mol. The lowest BCUT2D eigenvalue weighted by Gasteiger charge is -2.24. The summed E-state index contributed by atoms with van der Waals surface area (Å²) in [6, 6.07) is 9.51. The third-order valence-corrected chi connectivity index (χ3v) is 4.40. The highest BCUT2D eigenvalue weighted by Gasteiger charge is 2.19. The van der Waals surface area contributed by atoms with Crippen LogP contribution in [0, 0.1) is 0 Å². The van der Waals surface area contributed by atoms with E-state index in [1.165, 1.54) is 0 Å². The van der Waals surface area contributed by atoms with Crippen LogP contribution in [0.2, 0.25) is 5.35 Å². The summed E-state index contributed by atoms with van der Waals surface area (Å²) in [4.78, 5) is 18.9. The third-order valence-electron chi connectivity index (χ3n) is 4.24. The molecule has 6 nitrogen and oxygen atoms in total. The van der Waals surface area contributed by atoms with E-state index in [9.17, 15) is 4.79 Å². The molecule has 0 bridgehead atoms. The first-order valence-electron chi connectivity index (χ1n) is 8.49. The summed E-state index contributed by atoms with van der Waals surface area (Å²) in [5, 5.41) is 0.0654. The number of carbonyl (C=O) groups excluding carboxylic acids is 1. The minimum atomic E-state index is -0.0837. The van der Waals surface area contributed by atoms with Gasteiger partial charge in [-0.3, -0.25) is 4.79 Å². The van der Waals surface area contributed by atoms with Crippen LogP contribution in [0.4, 0.5) is 0 Å². The van der Waals surface area contributed by atoms with E-state index in [0.717, 1.165) is 5.69 Å². The fourth-order valence-corrected chi connectivity index (χ4v) is 3.11. The summed E-state index contributed by atoms with van der Waals surface area (Å²) in [5.41, 5.74) is 2.75. The van der Waals surface area contributed by atoms with Gasteiger partial charge in [0.25, 0.3) is 11.3 Å². The molecule has 1 aromatic carbocycles. The largest absolute Gasteiger partial charge is 0.428 e. The molecule has 2 aromatic heterocycles. The molecule has 0 aliphatic heterocycles. The van der Waals surface area contributed by atoms with Crippen LogP contribution >= 0.6 is 11.6 Å². The number of ether oxygens (including phenoxy) is 1. The van der Waals surface area contributed by atoms with E-state index in [4.69, 9.17) is 20.8 Å². The highest BCUT2D eigenvalue weighted by molar-refractivity contribution is 6.28. The van der Waals surface area contributed by atoms with E-state index in [2.05, 4.69) is 23.4 Å². The zero-order valence-electron chi connectivity index (χ0n) is 15.1. The SMILES string of the molecule is COCCN(Cc1cccn1C(C)C)C(=O)c1ccc2oc(Cl)nc2c1. The number of aromatic nitrogens is 2. The fraction of sp³-hybridized carbons (Fsp3) is 0.368. The summed E-state index contributed by atoms with van der Waals surface area (Å²) in [6.07, 6.45) is 2.03. The number of fused-ring (bicyclic) bond motifs is 1.